The van der Waals surface area contributed by atoms with E-state index >= 15 is 0 Å². The summed E-state index contributed by atoms with van der Waals surface area (Å²) in [6, 6.07) is 12.5. The number of benzene rings is 2. The van der Waals surface area contributed by atoms with Crippen LogP contribution in [0.1, 0.15) is 54.2 Å². The van der Waals surface area contributed by atoms with Crippen LogP contribution in [0.3, 0.4) is 0 Å². The van der Waals surface area contributed by atoms with E-state index in [4.69, 9.17) is 4.98 Å². The van der Waals surface area contributed by atoms with E-state index in [0.717, 1.165) is 65.0 Å². The number of amides is 1. The molecule has 0 radical (unpaired) electrons. The fourth-order valence-electron chi connectivity index (χ4n) is 6.65. The Balaban J connectivity index is 1.29. The van der Waals surface area contributed by atoms with Gasteiger partial charge in [-0.15, -0.1) is 0 Å². The summed E-state index contributed by atoms with van der Waals surface area (Å²) < 4.78 is 0. The Labute approximate surface area is 209 Å². The second-order valence-corrected chi connectivity index (χ2v) is 11.1. The molecule has 3 aliphatic rings. The quantitative estimate of drug-likeness (QED) is 0.439. The van der Waals surface area contributed by atoms with Crippen molar-refractivity contribution in [2.24, 2.45) is 10.4 Å². The lowest BCUT2D eigenvalue weighted by molar-refractivity contribution is -0.0261. The molecule has 7 nitrogen and oxygen atoms in total. The molecule has 2 atom stereocenters. The maximum atomic E-state index is 13.8. The summed E-state index contributed by atoms with van der Waals surface area (Å²) in [6.07, 6.45) is 7.87. The predicted molar refractivity (Wildman–Crippen MR) is 140 cm³/mol. The maximum Gasteiger partial charge on any atom is 0.254 e. The van der Waals surface area contributed by atoms with Crippen molar-refractivity contribution in [2.45, 2.75) is 51.5 Å². The lowest BCUT2D eigenvalue weighted by Gasteiger charge is -2.60. The highest BCUT2D eigenvalue weighted by Gasteiger charge is 2.57. The van der Waals surface area contributed by atoms with Crippen LogP contribution in [-0.2, 0) is 18.3 Å². The third-order valence-corrected chi connectivity index (χ3v) is 9.19. The SMILES string of the molecule is CC1(C)[C@H]2Cc3cc4[nH]c(-c5ccnnc5)nc4cc3[C@]1(C)CCN2C(=O)c1ccc2c(c1)CC=N2. The van der Waals surface area contributed by atoms with Gasteiger partial charge in [-0.1, -0.05) is 20.8 Å². The smallest absolute Gasteiger partial charge is 0.254 e. The third kappa shape index (κ3) is 2.89. The number of rotatable bonds is 2. The van der Waals surface area contributed by atoms with Crippen LogP contribution < -0.4 is 0 Å². The number of hydrogen-bond donors (Lipinski definition) is 1. The number of piperidine rings is 1. The highest BCUT2D eigenvalue weighted by molar-refractivity contribution is 5.96. The van der Waals surface area contributed by atoms with Gasteiger partial charge in [-0.25, -0.2) is 4.98 Å². The van der Waals surface area contributed by atoms with Crippen LogP contribution in [0.25, 0.3) is 22.4 Å². The highest BCUT2D eigenvalue weighted by Crippen LogP contribution is 2.56. The van der Waals surface area contributed by atoms with Crippen LogP contribution in [0.15, 0.2) is 53.8 Å². The van der Waals surface area contributed by atoms with Gasteiger partial charge in [-0.2, -0.15) is 10.2 Å². The van der Waals surface area contributed by atoms with Crippen LogP contribution in [-0.4, -0.2) is 49.8 Å². The van der Waals surface area contributed by atoms with Crippen LogP contribution >= 0.6 is 0 Å². The van der Waals surface area contributed by atoms with E-state index < -0.39 is 0 Å². The lowest BCUT2D eigenvalue weighted by Crippen LogP contribution is -2.64. The molecule has 0 saturated carbocycles. The first-order valence-electron chi connectivity index (χ1n) is 12.6. The van der Waals surface area contributed by atoms with Gasteiger partial charge in [0.25, 0.3) is 5.91 Å². The first kappa shape index (κ1) is 21.4. The number of fused-ring (bicyclic) bond motifs is 6. The third-order valence-electron chi connectivity index (χ3n) is 9.19. The minimum atomic E-state index is -0.0877. The largest absolute Gasteiger partial charge is 0.338 e. The number of nitrogens with zero attached hydrogens (tertiary/aromatic N) is 5. The second kappa shape index (κ2) is 7.32. The molecule has 7 rings (SSSR count). The van der Waals surface area contributed by atoms with E-state index in [2.05, 4.69) is 58.0 Å². The summed E-state index contributed by atoms with van der Waals surface area (Å²) in [4.78, 5) is 28.7. The Morgan fingerprint density at radius 1 is 1.08 bits per heavy atom. The first-order valence-corrected chi connectivity index (χ1v) is 12.6. The molecule has 1 fully saturated rings. The molecule has 2 aliphatic heterocycles. The number of carbonyl (C=O) groups excluding carboxylic acids is 1. The fraction of sp³-hybridized carbons (Fsp3) is 0.345. The molecule has 7 heteroatoms. The molecule has 0 unspecified atom stereocenters. The van der Waals surface area contributed by atoms with Crippen molar-refractivity contribution in [2.75, 3.05) is 6.54 Å². The van der Waals surface area contributed by atoms with E-state index in [1.807, 2.05) is 30.5 Å². The summed E-state index contributed by atoms with van der Waals surface area (Å²) in [5, 5.41) is 7.88. The van der Waals surface area contributed by atoms with Crippen molar-refractivity contribution in [3.8, 4) is 11.4 Å². The van der Waals surface area contributed by atoms with Crippen molar-refractivity contribution in [1.82, 2.24) is 25.1 Å². The van der Waals surface area contributed by atoms with Gasteiger partial charge in [-0.3, -0.25) is 9.79 Å². The number of imidazole rings is 1. The average molecular weight is 477 g/mol. The number of hydrogen-bond acceptors (Lipinski definition) is 5. The van der Waals surface area contributed by atoms with Gasteiger partial charge < -0.3 is 9.88 Å². The highest BCUT2D eigenvalue weighted by atomic mass is 16.2. The summed E-state index contributed by atoms with van der Waals surface area (Å²) in [6.45, 7) is 7.79. The molecule has 4 heterocycles. The molecule has 0 spiro atoms. The number of aliphatic imine (C=N–C) groups is 1. The number of nitrogens with one attached hydrogen (secondary N) is 1. The molecule has 2 bridgehead atoms. The zero-order valence-electron chi connectivity index (χ0n) is 20.7. The molecule has 2 aromatic heterocycles. The van der Waals surface area contributed by atoms with Crippen LogP contribution in [0.2, 0.25) is 0 Å². The number of aromatic amines is 1. The molecule has 1 amide bonds. The fourth-order valence-corrected chi connectivity index (χ4v) is 6.65. The minimum Gasteiger partial charge on any atom is -0.338 e. The van der Waals surface area contributed by atoms with Gasteiger partial charge in [0.1, 0.15) is 5.82 Å². The number of likely N-dealkylation sites (tertiary alicyclic amines) is 1. The average Bonchev–Trinajstić information content (AvgIpc) is 3.52. The van der Waals surface area contributed by atoms with Crippen LogP contribution in [0, 0.1) is 5.41 Å². The van der Waals surface area contributed by atoms with Crippen molar-refractivity contribution >= 4 is 28.8 Å². The van der Waals surface area contributed by atoms with E-state index in [9.17, 15) is 4.79 Å². The van der Waals surface area contributed by atoms with E-state index in [-0.39, 0.29) is 22.8 Å². The Morgan fingerprint density at radius 3 is 2.81 bits per heavy atom. The van der Waals surface area contributed by atoms with Gasteiger partial charge in [0.15, 0.2) is 0 Å². The standard InChI is InChI=1S/C29H28N6O/c1-28(2)25-14-20-13-23-24(34-26(33-23)19-7-10-31-32-16-19)15-21(20)29(28,3)8-11-35(25)27(36)18-4-5-22-17(12-18)6-9-30-22/h4-5,7,9-10,12-13,15-16,25H,6,8,11,14H2,1-3H3,(H,33,34)/t25-,29+/m1/s1. The number of H-pyrrole nitrogens is 1. The molecule has 1 aliphatic carbocycles. The molecule has 1 N–H and O–H groups in total. The van der Waals surface area contributed by atoms with E-state index in [1.165, 1.54) is 11.1 Å². The molecular formula is C29H28N6O. The Bertz CT molecular complexity index is 1570. The zero-order valence-corrected chi connectivity index (χ0v) is 20.7. The molecule has 36 heavy (non-hydrogen) atoms. The molecular weight excluding hydrogens is 448 g/mol. The van der Waals surface area contributed by atoms with Crippen molar-refractivity contribution in [1.29, 1.82) is 0 Å². The van der Waals surface area contributed by atoms with Crippen LogP contribution in [0.4, 0.5) is 5.69 Å². The predicted octanol–water partition coefficient (Wildman–Crippen LogP) is 5.03. The maximum absolute atomic E-state index is 13.8. The van der Waals surface area contributed by atoms with Crippen LogP contribution in [0.5, 0.6) is 0 Å². The van der Waals surface area contributed by atoms with Gasteiger partial charge in [0.2, 0.25) is 0 Å². The Kier molecular flexibility index (Phi) is 4.36. The van der Waals surface area contributed by atoms with Crippen molar-refractivity contribution in [3.63, 3.8) is 0 Å². The zero-order chi connectivity index (χ0) is 24.7. The minimum absolute atomic E-state index is 0.0562. The topological polar surface area (TPSA) is 87.1 Å². The molecule has 4 aromatic rings. The van der Waals surface area contributed by atoms with E-state index in [1.54, 1.807) is 12.4 Å². The molecule has 1 saturated heterocycles. The van der Waals surface area contributed by atoms with Gasteiger partial charge in [-0.05, 0) is 71.3 Å². The lowest BCUT2D eigenvalue weighted by atomic mass is 9.51. The van der Waals surface area contributed by atoms with Crippen molar-refractivity contribution in [3.05, 3.63) is 71.0 Å². The van der Waals surface area contributed by atoms with E-state index in [0.29, 0.717) is 0 Å². The number of aromatic nitrogens is 4. The monoisotopic (exact) mass is 476 g/mol. The molecule has 2 aromatic carbocycles. The molecule has 180 valence electrons. The summed E-state index contributed by atoms with van der Waals surface area (Å²) >= 11 is 0. The normalized spacial score (nSPS) is 23.5. The van der Waals surface area contributed by atoms with Gasteiger partial charge in [0, 0.05) is 41.8 Å². The van der Waals surface area contributed by atoms with Crippen molar-refractivity contribution < 1.29 is 4.79 Å². The first-order chi connectivity index (χ1) is 17.3. The van der Waals surface area contributed by atoms with Gasteiger partial charge in [0.05, 0.1) is 29.1 Å². The Hall–Kier alpha value is -3.87. The number of carbonyl (C=O) groups is 1. The Morgan fingerprint density at radius 2 is 1.97 bits per heavy atom. The summed E-state index contributed by atoms with van der Waals surface area (Å²) in [5.41, 5.74) is 8.31. The van der Waals surface area contributed by atoms with Gasteiger partial charge >= 0.3 is 0 Å². The summed E-state index contributed by atoms with van der Waals surface area (Å²) in [7, 11) is 0. The summed E-state index contributed by atoms with van der Waals surface area (Å²) in [5.74, 6) is 0.926. The second-order valence-electron chi connectivity index (χ2n) is 11.1.